The Morgan fingerprint density at radius 2 is 0.909 bits per heavy atom. The van der Waals surface area contributed by atoms with Crippen molar-refractivity contribution in [3.63, 3.8) is 0 Å². The van der Waals surface area contributed by atoms with Crippen molar-refractivity contribution in [3.05, 3.63) is 9.81 Å². The fraction of sp³-hybridized carbons (Fsp3) is 0. The van der Waals surface area contributed by atoms with Crippen LogP contribution in [0.25, 0.3) is 0 Å². The summed E-state index contributed by atoms with van der Waals surface area (Å²) >= 11 is 0. The van der Waals surface area contributed by atoms with E-state index in [1.54, 1.807) is 0 Å². The van der Waals surface area contributed by atoms with Crippen molar-refractivity contribution in [2.75, 3.05) is 0 Å². The maximum atomic E-state index is 8.88. The number of nitrogens with zero attached hydrogens (tertiary/aromatic N) is 2. The van der Waals surface area contributed by atoms with Gasteiger partial charge in [0, 0.05) is 0 Å². The van der Waals surface area contributed by atoms with E-state index in [-0.39, 0.29) is 0 Å². The summed E-state index contributed by atoms with van der Waals surface area (Å²) in [5.74, 6) is 0. The highest BCUT2D eigenvalue weighted by atomic mass is 31.2. The second-order valence-corrected chi connectivity index (χ2v) is 1.70. The predicted octanol–water partition coefficient (Wildman–Crippen LogP) is -0.645. The second-order valence-electron chi connectivity index (χ2n) is 0.677. The van der Waals surface area contributed by atoms with Crippen molar-refractivity contribution in [2.45, 2.75) is 0 Å². The van der Waals surface area contributed by atoms with Crippen molar-refractivity contribution < 1.29 is 29.7 Å². The van der Waals surface area contributed by atoms with Crippen molar-refractivity contribution in [2.24, 2.45) is 10.7 Å². The standard InChI is InChI=1S/2HNO2.H3O4P/c2*2-1-3;1-5(2,3)4/h2*(H,2,3);(H3,1,2,3,4). The van der Waals surface area contributed by atoms with Crippen LogP contribution in [0.5, 0.6) is 0 Å². The molecule has 0 radical (unpaired) electrons. The van der Waals surface area contributed by atoms with Crippen LogP contribution in [0.1, 0.15) is 0 Å². The third kappa shape index (κ3) is 358. The predicted molar refractivity (Wildman–Crippen MR) is 29.4 cm³/mol. The topological polar surface area (TPSA) is 177 Å². The van der Waals surface area contributed by atoms with Gasteiger partial charge in [0.2, 0.25) is 0 Å². The molecule has 0 atom stereocenters. The van der Waals surface area contributed by atoms with Gasteiger partial charge in [0.1, 0.15) is 0 Å². The summed E-state index contributed by atoms with van der Waals surface area (Å²) in [5, 5.41) is 15.8. The third-order valence-electron chi connectivity index (χ3n) is 0. The summed E-state index contributed by atoms with van der Waals surface area (Å²) in [6.45, 7) is 0. The van der Waals surface area contributed by atoms with Gasteiger partial charge in [0.15, 0.2) is 10.7 Å². The zero-order valence-electron chi connectivity index (χ0n) is 4.80. The molecule has 0 amide bonds. The SMILES string of the molecule is O=NO.O=NO.O=P(O)(O)O. The summed E-state index contributed by atoms with van der Waals surface area (Å²) in [7, 11) is -4.64. The van der Waals surface area contributed by atoms with Crippen LogP contribution >= 0.6 is 7.82 Å². The molecule has 0 bridgehead atoms. The highest BCUT2D eigenvalue weighted by Crippen LogP contribution is 2.25. The molecule has 10 nitrogen and oxygen atoms in total. The number of rotatable bonds is 0. The Hall–Kier alpha value is -1.09. The first-order chi connectivity index (χ1) is 4.83. The Bertz CT molecular complexity index is 110. The molecule has 0 saturated heterocycles. The van der Waals surface area contributed by atoms with Crippen LogP contribution in [-0.2, 0) is 4.57 Å². The van der Waals surface area contributed by atoms with E-state index in [1.165, 1.54) is 10.7 Å². The van der Waals surface area contributed by atoms with E-state index in [0.717, 1.165) is 0 Å². The molecule has 0 aliphatic heterocycles. The second kappa shape index (κ2) is 11.7. The minimum Gasteiger partial charge on any atom is -0.379 e. The fourth-order valence-electron chi connectivity index (χ4n) is 0. The van der Waals surface area contributed by atoms with Gasteiger partial charge in [-0.1, -0.05) is 0 Å². The van der Waals surface area contributed by atoms with E-state index in [9.17, 15) is 0 Å². The summed E-state index contributed by atoms with van der Waals surface area (Å²) in [6.07, 6.45) is 0. The lowest BCUT2D eigenvalue weighted by Crippen LogP contribution is -1.66. The number of hydrogen-bond acceptors (Lipinski definition) is 5. The third-order valence-corrected chi connectivity index (χ3v) is 0. The monoisotopic (exact) mass is 192 g/mol. The largest absolute Gasteiger partial charge is 0.466 e. The first-order valence-electron chi connectivity index (χ1n) is 1.55. The Morgan fingerprint density at radius 3 is 0.909 bits per heavy atom. The van der Waals surface area contributed by atoms with Crippen LogP contribution in [0.4, 0.5) is 0 Å². The Balaban J connectivity index is -0.0000000933. The lowest BCUT2D eigenvalue weighted by Gasteiger charge is -1.82. The summed E-state index contributed by atoms with van der Waals surface area (Å²) in [6, 6.07) is 0. The van der Waals surface area contributed by atoms with E-state index in [1.807, 2.05) is 0 Å². The smallest absolute Gasteiger partial charge is 0.379 e. The maximum absolute atomic E-state index is 8.88. The maximum Gasteiger partial charge on any atom is 0.466 e. The molecule has 0 aliphatic carbocycles. The van der Waals surface area contributed by atoms with Crippen molar-refractivity contribution in [3.8, 4) is 0 Å². The zero-order chi connectivity index (χ0) is 9.91. The average Bonchev–Trinajstić information content (AvgIpc) is 1.62. The average molecular weight is 192 g/mol. The Morgan fingerprint density at radius 1 is 0.909 bits per heavy atom. The van der Waals surface area contributed by atoms with E-state index in [4.69, 9.17) is 39.5 Å². The quantitative estimate of drug-likeness (QED) is 0.191. The molecule has 68 valence electrons. The van der Waals surface area contributed by atoms with Crippen LogP contribution in [-0.4, -0.2) is 25.1 Å². The van der Waals surface area contributed by atoms with Crippen molar-refractivity contribution in [1.29, 1.82) is 0 Å². The van der Waals surface area contributed by atoms with Crippen molar-refractivity contribution >= 4 is 7.82 Å². The van der Waals surface area contributed by atoms with E-state index in [2.05, 4.69) is 0 Å². The van der Waals surface area contributed by atoms with Gasteiger partial charge in [-0.25, -0.2) is 4.57 Å². The molecule has 5 N–H and O–H groups in total. The molecule has 0 aromatic heterocycles. The molecule has 0 fully saturated rings. The van der Waals surface area contributed by atoms with Crippen LogP contribution in [0.3, 0.4) is 0 Å². The summed E-state index contributed by atoms with van der Waals surface area (Å²) < 4.78 is 8.88. The van der Waals surface area contributed by atoms with E-state index >= 15 is 0 Å². The molecule has 0 spiro atoms. The van der Waals surface area contributed by atoms with Crippen LogP contribution in [0.2, 0.25) is 0 Å². The van der Waals surface area contributed by atoms with Gasteiger partial charge in [-0.05, 0) is 0 Å². The van der Waals surface area contributed by atoms with Crippen LogP contribution in [0.15, 0.2) is 10.7 Å². The number of hydrogen-bond donors (Lipinski definition) is 5. The van der Waals surface area contributed by atoms with Gasteiger partial charge in [0.05, 0.1) is 0 Å². The molecular formula is H5N2O8P. The minimum absolute atomic E-state index is 1.25. The van der Waals surface area contributed by atoms with Crippen molar-refractivity contribution in [1.82, 2.24) is 0 Å². The molecule has 0 aliphatic rings. The van der Waals surface area contributed by atoms with Crippen LogP contribution in [0, 0.1) is 9.81 Å². The highest BCUT2D eigenvalue weighted by molar-refractivity contribution is 7.45. The molecule has 11 heteroatoms. The van der Waals surface area contributed by atoms with Gasteiger partial charge in [-0.3, -0.25) is 0 Å². The molecule has 0 aromatic rings. The first-order valence-corrected chi connectivity index (χ1v) is 3.11. The van der Waals surface area contributed by atoms with Gasteiger partial charge in [0.25, 0.3) is 0 Å². The Kier molecular flexibility index (Phi) is 17.5. The summed E-state index contributed by atoms with van der Waals surface area (Å²) in [4.78, 5) is 37.8. The zero-order valence-corrected chi connectivity index (χ0v) is 5.70. The highest BCUT2D eigenvalue weighted by Gasteiger charge is 2.00. The van der Waals surface area contributed by atoms with Gasteiger partial charge in [-0.15, -0.1) is 9.81 Å². The first kappa shape index (κ1) is 16.5. The molecular weight excluding hydrogens is 187 g/mol. The molecule has 0 aromatic carbocycles. The number of phosphoric acid groups is 1. The lowest BCUT2D eigenvalue weighted by molar-refractivity contribution is 0.275. The lowest BCUT2D eigenvalue weighted by atomic mass is 13.4. The van der Waals surface area contributed by atoms with Gasteiger partial charge in [-0.2, -0.15) is 0 Å². The minimum atomic E-state index is -4.64. The molecule has 0 rings (SSSR count). The van der Waals surface area contributed by atoms with E-state index < -0.39 is 7.82 Å². The molecule has 0 saturated carbocycles. The molecule has 11 heavy (non-hydrogen) atoms. The van der Waals surface area contributed by atoms with Gasteiger partial charge >= 0.3 is 7.82 Å². The van der Waals surface area contributed by atoms with Gasteiger partial charge < -0.3 is 25.1 Å². The van der Waals surface area contributed by atoms with Crippen LogP contribution < -0.4 is 0 Å². The summed E-state index contributed by atoms with van der Waals surface area (Å²) in [5.41, 5.74) is 0. The molecule has 0 unspecified atom stereocenters. The Labute approximate surface area is 59.2 Å². The normalized spacial score (nSPS) is 7.55. The van der Waals surface area contributed by atoms with E-state index in [0.29, 0.717) is 0 Å². The fourth-order valence-corrected chi connectivity index (χ4v) is 0. The molecule has 0 heterocycles.